The van der Waals surface area contributed by atoms with Crippen LogP contribution in [0, 0.1) is 0 Å². The molecule has 0 atom stereocenters. The zero-order valence-corrected chi connectivity index (χ0v) is 16.6. The van der Waals surface area contributed by atoms with Crippen LogP contribution >= 0.6 is 23.4 Å². The van der Waals surface area contributed by atoms with E-state index < -0.39 is 46.8 Å². The molecule has 2 amide bonds. The number of carbonyl (C=O) groups excluding carboxylic acids is 2. The van der Waals surface area contributed by atoms with Crippen molar-refractivity contribution in [2.24, 2.45) is 0 Å². The Balaban J connectivity index is 1.81. The van der Waals surface area contributed by atoms with E-state index in [0.29, 0.717) is 29.5 Å². The molecule has 1 aliphatic heterocycles. The van der Waals surface area contributed by atoms with Crippen molar-refractivity contribution in [2.75, 3.05) is 0 Å². The van der Waals surface area contributed by atoms with Gasteiger partial charge in [-0.25, -0.2) is 0 Å². The van der Waals surface area contributed by atoms with Gasteiger partial charge in [0.15, 0.2) is 0 Å². The largest absolute Gasteiger partial charge is 0.487 e. The molecule has 0 radical (unpaired) electrons. The van der Waals surface area contributed by atoms with E-state index >= 15 is 0 Å². The third-order valence-corrected chi connectivity index (χ3v) is 5.13. The van der Waals surface area contributed by atoms with Gasteiger partial charge in [0.05, 0.1) is 21.1 Å². The van der Waals surface area contributed by atoms with E-state index in [-0.39, 0.29) is 21.7 Å². The van der Waals surface area contributed by atoms with Crippen LogP contribution in [0.1, 0.15) is 22.3 Å². The molecule has 12 heteroatoms. The molecular weight excluding hydrogens is 472 g/mol. The van der Waals surface area contributed by atoms with Crippen LogP contribution in [0.15, 0.2) is 41.3 Å². The summed E-state index contributed by atoms with van der Waals surface area (Å²) in [5, 5.41) is 1.54. The number of ether oxygens (including phenoxy) is 1. The number of thioether (sulfide) groups is 1. The first kappa shape index (κ1) is 23.0. The highest BCUT2D eigenvalue weighted by atomic mass is 35.5. The predicted octanol–water partition coefficient (Wildman–Crippen LogP) is 6.28. The Bertz CT molecular complexity index is 1080. The molecule has 1 saturated heterocycles. The summed E-state index contributed by atoms with van der Waals surface area (Å²) >= 11 is 6.75. The quantitative estimate of drug-likeness (QED) is 0.412. The number of hydrogen-bond acceptors (Lipinski definition) is 4. The van der Waals surface area contributed by atoms with E-state index in [9.17, 15) is 35.9 Å². The summed E-state index contributed by atoms with van der Waals surface area (Å²) in [6.45, 7) is -0.681. The van der Waals surface area contributed by atoms with Crippen molar-refractivity contribution in [1.29, 1.82) is 0 Å². The summed E-state index contributed by atoms with van der Waals surface area (Å²) in [6, 6.07) is 5.40. The van der Waals surface area contributed by atoms with Gasteiger partial charge in [0.2, 0.25) is 0 Å². The third kappa shape index (κ3) is 5.53. The summed E-state index contributed by atoms with van der Waals surface area (Å²) < 4.78 is 83.2. The van der Waals surface area contributed by atoms with Crippen LogP contribution in [0.4, 0.5) is 31.1 Å². The Hall–Kier alpha value is -2.66. The van der Waals surface area contributed by atoms with Crippen LogP contribution in [-0.2, 0) is 23.8 Å². The molecule has 0 unspecified atom stereocenters. The van der Waals surface area contributed by atoms with Gasteiger partial charge in [-0.2, -0.15) is 26.3 Å². The number of nitrogens with one attached hydrogen (secondary N) is 1. The lowest BCUT2D eigenvalue weighted by Gasteiger charge is -2.17. The van der Waals surface area contributed by atoms with Crippen LogP contribution in [0.5, 0.6) is 5.75 Å². The third-order valence-electron chi connectivity index (χ3n) is 4.02. The molecule has 1 aliphatic rings. The van der Waals surface area contributed by atoms with Crippen molar-refractivity contribution in [3.05, 3.63) is 68.6 Å². The summed E-state index contributed by atoms with van der Waals surface area (Å²) in [5.74, 6) is -0.593. The number of halogens is 7. The van der Waals surface area contributed by atoms with Crippen LogP contribution in [0.2, 0.25) is 5.02 Å². The lowest BCUT2D eigenvalue weighted by molar-refractivity contribution is -0.143. The maximum absolute atomic E-state index is 13.2. The van der Waals surface area contributed by atoms with Crippen LogP contribution in [-0.4, -0.2) is 11.1 Å². The minimum atomic E-state index is -5.02. The Morgan fingerprint density at radius 2 is 1.71 bits per heavy atom. The summed E-state index contributed by atoms with van der Waals surface area (Å²) in [7, 11) is 0. The first-order valence-electron chi connectivity index (χ1n) is 8.29. The Morgan fingerprint density at radius 3 is 2.26 bits per heavy atom. The molecule has 0 spiro atoms. The minimum absolute atomic E-state index is 0.00967. The van der Waals surface area contributed by atoms with Crippen LogP contribution < -0.4 is 10.1 Å². The summed E-state index contributed by atoms with van der Waals surface area (Å²) in [6.07, 6.45) is -8.55. The molecule has 1 fully saturated rings. The molecule has 1 heterocycles. The van der Waals surface area contributed by atoms with Gasteiger partial charge in [-0.05, 0) is 47.7 Å². The molecule has 2 aromatic carbocycles. The topological polar surface area (TPSA) is 55.4 Å². The van der Waals surface area contributed by atoms with Crippen molar-refractivity contribution in [1.82, 2.24) is 5.32 Å². The zero-order valence-electron chi connectivity index (χ0n) is 15.0. The minimum Gasteiger partial charge on any atom is -0.487 e. The molecular formula is C19H10ClF6NO3S. The normalized spacial score (nSPS) is 16.0. The fraction of sp³-hybridized carbons (Fsp3) is 0.158. The first-order chi connectivity index (χ1) is 14.3. The van der Waals surface area contributed by atoms with Gasteiger partial charge >= 0.3 is 12.4 Å². The summed E-state index contributed by atoms with van der Waals surface area (Å²) in [5.41, 5.74) is -2.96. The smallest absolute Gasteiger partial charge is 0.416 e. The van der Waals surface area contributed by atoms with Gasteiger partial charge in [0, 0.05) is 5.56 Å². The van der Waals surface area contributed by atoms with Crippen molar-refractivity contribution in [2.45, 2.75) is 19.0 Å². The Morgan fingerprint density at radius 1 is 1.00 bits per heavy atom. The van der Waals surface area contributed by atoms with E-state index in [1.165, 1.54) is 24.3 Å². The standard InChI is InChI=1S/C19H10ClF6NO3S/c20-13-5-9(6-15-16(28)27-17(29)31-15)1-4-14(13)30-8-10-2-3-11(18(21,22)23)7-12(10)19(24,25)26/h1-7H,8H2,(H,27,28,29). The van der Waals surface area contributed by atoms with Crippen LogP contribution in [0.3, 0.4) is 0 Å². The highest BCUT2D eigenvalue weighted by Gasteiger charge is 2.38. The predicted molar refractivity (Wildman–Crippen MR) is 101 cm³/mol. The second-order valence-corrected chi connectivity index (χ2v) is 7.62. The van der Waals surface area contributed by atoms with Crippen molar-refractivity contribution < 1.29 is 40.7 Å². The van der Waals surface area contributed by atoms with Crippen molar-refractivity contribution in [3.8, 4) is 5.75 Å². The number of imide groups is 1. The van der Waals surface area contributed by atoms with Gasteiger partial charge in [-0.3, -0.25) is 14.9 Å². The fourth-order valence-electron chi connectivity index (χ4n) is 2.59. The van der Waals surface area contributed by atoms with Crippen molar-refractivity contribution >= 4 is 40.6 Å². The van der Waals surface area contributed by atoms with E-state index in [1.54, 1.807) is 0 Å². The number of carbonyl (C=O) groups is 2. The van der Waals surface area contributed by atoms with E-state index in [2.05, 4.69) is 5.32 Å². The SMILES string of the molecule is O=C1NC(=O)C(=Cc2ccc(OCc3ccc(C(F)(F)F)cc3C(F)(F)F)c(Cl)c2)S1. The fourth-order valence-corrected chi connectivity index (χ4v) is 3.52. The molecule has 2 aromatic rings. The second kappa shape index (κ2) is 8.46. The van der Waals surface area contributed by atoms with Crippen LogP contribution in [0.25, 0.3) is 6.08 Å². The van der Waals surface area contributed by atoms with Gasteiger partial charge < -0.3 is 4.74 Å². The van der Waals surface area contributed by atoms with E-state index in [0.717, 1.165) is 0 Å². The number of hydrogen-bond donors (Lipinski definition) is 1. The molecule has 4 nitrogen and oxygen atoms in total. The average Bonchev–Trinajstić information content (AvgIpc) is 2.96. The lowest BCUT2D eigenvalue weighted by Crippen LogP contribution is -2.17. The summed E-state index contributed by atoms with van der Waals surface area (Å²) in [4.78, 5) is 22.9. The van der Waals surface area contributed by atoms with Gasteiger partial charge in [0.25, 0.3) is 11.1 Å². The first-order valence-corrected chi connectivity index (χ1v) is 9.48. The number of alkyl halides is 6. The maximum Gasteiger partial charge on any atom is 0.416 e. The number of rotatable bonds is 4. The molecule has 164 valence electrons. The second-order valence-electron chi connectivity index (χ2n) is 6.20. The highest BCUT2D eigenvalue weighted by molar-refractivity contribution is 8.18. The molecule has 31 heavy (non-hydrogen) atoms. The van der Waals surface area contributed by atoms with Gasteiger partial charge in [-0.15, -0.1) is 0 Å². The Kier molecular flexibility index (Phi) is 6.28. The van der Waals surface area contributed by atoms with Crippen molar-refractivity contribution in [3.63, 3.8) is 0 Å². The molecule has 0 aromatic heterocycles. The Labute approximate surface area is 180 Å². The molecule has 0 bridgehead atoms. The van der Waals surface area contributed by atoms with Gasteiger partial charge in [-0.1, -0.05) is 23.7 Å². The monoisotopic (exact) mass is 481 g/mol. The average molecular weight is 482 g/mol. The van der Waals surface area contributed by atoms with E-state index in [1.807, 2.05) is 0 Å². The number of benzene rings is 2. The molecule has 0 aliphatic carbocycles. The van der Waals surface area contributed by atoms with E-state index in [4.69, 9.17) is 16.3 Å². The zero-order chi connectivity index (χ0) is 23.0. The highest BCUT2D eigenvalue weighted by Crippen LogP contribution is 2.38. The number of amides is 2. The lowest BCUT2D eigenvalue weighted by atomic mass is 10.0. The molecule has 0 saturated carbocycles. The molecule has 3 rings (SSSR count). The van der Waals surface area contributed by atoms with Gasteiger partial charge in [0.1, 0.15) is 12.4 Å². The molecule has 1 N–H and O–H groups in total. The maximum atomic E-state index is 13.2.